The fraction of sp³-hybridized carbons (Fsp3) is 0.105. The van der Waals surface area contributed by atoms with Crippen LogP contribution in [-0.2, 0) is 22.7 Å². The third-order valence-electron chi connectivity index (χ3n) is 3.99. The molecule has 1 heterocycles. The van der Waals surface area contributed by atoms with Gasteiger partial charge in [0.25, 0.3) is 11.8 Å². The highest BCUT2D eigenvalue weighted by molar-refractivity contribution is 5.92. The molecule has 0 aliphatic carbocycles. The molecule has 2 aromatic carbocycles. The number of nitrogens with two attached hydrogens (primary N) is 2. The number of rotatable bonds is 6. The lowest BCUT2D eigenvalue weighted by atomic mass is 10.2. The molecular weight excluding hydrogens is 412 g/mol. The monoisotopic (exact) mass is 432 g/mol. The van der Waals surface area contributed by atoms with Gasteiger partial charge in [-0.15, -0.1) is 0 Å². The first kappa shape index (κ1) is 22.4. The SMILES string of the molecule is Nc1ccc(NC(=O)Cn2cc[n+](CC(=O)Nc3ccc(N)cc3O)c2)c(O)c1.[Cl-]. The number of amides is 2. The van der Waals surface area contributed by atoms with Crippen molar-refractivity contribution in [2.45, 2.75) is 13.1 Å². The van der Waals surface area contributed by atoms with Gasteiger partial charge in [-0.25, -0.2) is 9.13 Å². The van der Waals surface area contributed by atoms with E-state index in [4.69, 9.17) is 11.5 Å². The van der Waals surface area contributed by atoms with Crippen LogP contribution in [0.2, 0.25) is 0 Å². The minimum Gasteiger partial charge on any atom is -1.00 e. The van der Waals surface area contributed by atoms with Gasteiger partial charge < -0.3 is 44.7 Å². The second-order valence-electron chi connectivity index (χ2n) is 6.41. The number of hydrogen-bond acceptors (Lipinski definition) is 6. The lowest BCUT2D eigenvalue weighted by Gasteiger charge is -2.07. The van der Waals surface area contributed by atoms with Gasteiger partial charge >= 0.3 is 0 Å². The molecule has 11 heteroatoms. The number of aromatic hydroxyl groups is 2. The van der Waals surface area contributed by atoms with Crippen molar-refractivity contribution < 1.29 is 36.8 Å². The number of imidazole rings is 1. The summed E-state index contributed by atoms with van der Waals surface area (Å²) < 4.78 is 3.16. The molecule has 3 aromatic rings. The highest BCUT2D eigenvalue weighted by Gasteiger charge is 2.14. The van der Waals surface area contributed by atoms with E-state index in [1.54, 1.807) is 40.0 Å². The summed E-state index contributed by atoms with van der Waals surface area (Å²) in [5.74, 6) is -0.958. The van der Waals surface area contributed by atoms with Gasteiger partial charge in [-0.1, -0.05) is 0 Å². The Kier molecular flexibility index (Phi) is 7.10. The van der Waals surface area contributed by atoms with E-state index in [0.717, 1.165) is 0 Å². The number of nitrogen functional groups attached to an aromatic ring is 2. The van der Waals surface area contributed by atoms with E-state index in [0.29, 0.717) is 11.4 Å². The van der Waals surface area contributed by atoms with Gasteiger partial charge in [-0.05, 0) is 24.3 Å². The van der Waals surface area contributed by atoms with E-state index in [1.807, 2.05) is 0 Å². The first-order valence-electron chi connectivity index (χ1n) is 8.61. The van der Waals surface area contributed by atoms with Crippen LogP contribution in [0.15, 0.2) is 55.1 Å². The van der Waals surface area contributed by atoms with E-state index in [2.05, 4.69) is 10.6 Å². The van der Waals surface area contributed by atoms with Gasteiger partial charge in [0.1, 0.15) is 23.9 Å². The molecule has 30 heavy (non-hydrogen) atoms. The number of phenols is 2. The van der Waals surface area contributed by atoms with Crippen LogP contribution < -0.4 is 39.1 Å². The molecule has 0 aliphatic rings. The molecular formula is C19H21ClN6O4. The summed E-state index contributed by atoms with van der Waals surface area (Å²) in [7, 11) is 0. The fourth-order valence-corrected chi connectivity index (χ4v) is 2.65. The summed E-state index contributed by atoms with van der Waals surface area (Å²) in [6, 6.07) is 8.84. The zero-order valence-corrected chi connectivity index (χ0v) is 16.5. The Labute approximate surface area is 178 Å². The predicted molar refractivity (Wildman–Crippen MR) is 107 cm³/mol. The third-order valence-corrected chi connectivity index (χ3v) is 3.99. The molecule has 0 unspecified atom stereocenters. The molecule has 0 aliphatic heterocycles. The van der Waals surface area contributed by atoms with E-state index in [9.17, 15) is 19.8 Å². The maximum Gasteiger partial charge on any atom is 0.266 e. The Morgan fingerprint density at radius 3 is 2.00 bits per heavy atom. The van der Waals surface area contributed by atoms with Gasteiger partial charge in [-0.2, -0.15) is 0 Å². The second-order valence-corrected chi connectivity index (χ2v) is 6.41. The van der Waals surface area contributed by atoms with Crippen molar-refractivity contribution in [3.05, 3.63) is 55.1 Å². The average Bonchev–Trinajstić information content (AvgIpc) is 3.06. The maximum atomic E-state index is 12.2. The molecule has 8 N–H and O–H groups in total. The Bertz CT molecular complexity index is 987. The zero-order chi connectivity index (χ0) is 21.0. The number of halogens is 1. The summed E-state index contributed by atoms with van der Waals surface area (Å²) >= 11 is 0. The number of anilines is 4. The zero-order valence-electron chi connectivity index (χ0n) is 15.7. The third kappa shape index (κ3) is 5.79. The lowest BCUT2D eigenvalue weighted by molar-refractivity contribution is -0.683. The van der Waals surface area contributed by atoms with Crippen molar-refractivity contribution in [1.29, 1.82) is 0 Å². The first-order chi connectivity index (χ1) is 13.8. The average molecular weight is 433 g/mol. The minimum absolute atomic E-state index is 0. The molecule has 0 atom stereocenters. The molecule has 0 radical (unpaired) electrons. The van der Waals surface area contributed by atoms with Crippen LogP contribution in [0.1, 0.15) is 0 Å². The van der Waals surface area contributed by atoms with Crippen LogP contribution in [0.5, 0.6) is 11.5 Å². The minimum atomic E-state index is -0.357. The number of hydrogen-bond donors (Lipinski definition) is 6. The molecule has 2 amide bonds. The van der Waals surface area contributed by atoms with E-state index >= 15 is 0 Å². The van der Waals surface area contributed by atoms with Crippen molar-refractivity contribution in [2.75, 3.05) is 22.1 Å². The molecule has 0 saturated carbocycles. The van der Waals surface area contributed by atoms with Crippen molar-refractivity contribution in [1.82, 2.24) is 4.57 Å². The highest BCUT2D eigenvalue weighted by atomic mass is 35.5. The number of nitrogens with zero attached hydrogens (tertiary/aromatic N) is 2. The normalized spacial score (nSPS) is 10.1. The number of nitrogens with one attached hydrogen (secondary N) is 2. The van der Waals surface area contributed by atoms with E-state index < -0.39 is 0 Å². The van der Waals surface area contributed by atoms with E-state index in [-0.39, 0.29) is 60.2 Å². The Morgan fingerprint density at radius 1 is 0.933 bits per heavy atom. The number of benzene rings is 2. The van der Waals surface area contributed by atoms with Gasteiger partial charge in [0.2, 0.25) is 6.33 Å². The number of carbonyl (C=O) groups excluding carboxylic acids is 2. The van der Waals surface area contributed by atoms with Gasteiger partial charge in [0, 0.05) is 23.5 Å². The van der Waals surface area contributed by atoms with Crippen LogP contribution >= 0.6 is 0 Å². The summed E-state index contributed by atoms with van der Waals surface area (Å²) in [6.07, 6.45) is 4.86. The van der Waals surface area contributed by atoms with Gasteiger partial charge in [0.05, 0.1) is 11.4 Å². The lowest BCUT2D eigenvalue weighted by Crippen LogP contribution is -3.00. The van der Waals surface area contributed by atoms with Gasteiger partial charge in [0.15, 0.2) is 13.1 Å². The molecule has 1 aromatic heterocycles. The van der Waals surface area contributed by atoms with Crippen LogP contribution in [-0.4, -0.2) is 26.6 Å². The van der Waals surface area contributed by atoms with Crippen molar-refractivity contribution in [2.24, 2.45) is 0 Å². The van der Waals surface area contributed by atoms with Crippen molar-refractivity contribution >= 4 is 34.6 Å². The Hall–Kier alpha value is -3.92. The second kappa shape index (κ2) is 9.52. The van der Waals surface area contributed by atoms with Crippen molar-refractivity contribution in [3.8, 4) is 11.5 Å². The largest absolute Gasteiger partial charge is 1.00 e. The number of phenolic OH excluding ortho intramolecular Hbond substituents is 2. The Morgan fingerprint density at radius 2 is 1.47 bits per heavy atom. The van der Waals surface area contributed by atoms with Crippen LogP contribution in [0.25, 0.3) is 0 Å². The number of carbonyl (C=O) groups is 2. The molecule has 10 nitrogen and oxygen atoms in total. The molecule has 158 valence electrons. The quantitative estimate of drug-likeness (QED) is 0.145. The van der Waals surface area contributed by atoms with Crippen LogP contribution in [0.4, 0.5) is 22.7 Å². The topological polar surface area (TPSA) is 160 Å². The molecule has 0 saturated heterocycles. The molecule has 0 spiro atoms. The van der Waals surface area contributed by atoms with Crippen molar-refractivity contribution in [3.63, 3.8) is 0 Å². The molecule has 0 fully saturated rings. The summed E-state index contributed by atoms with van der Waals surface area (Å²) in [4.78, 5) is 24.3. The van der Waals surface area contributed by atoms with Crippen LogP contribution in [0.3, 0.4) is 0 Å². The summed E-state index contributed by atoms with van der Waals surface area (Å²) in [6.45, 7) is -0.0334. The van der Waals surface area contributed by atoms with Crippen LogP contribution in [0, 0.1) is 0 Å². The fourth-order valence-electron chi connectivity index (χ4n) is 2.65. The standard InChI is InChI=1S/C19H20N6O4.ClH/c20-12-1-3-14(16(26)7-12)22-18(28)9-24-5-6-25(11-24)10-19(29)23-15-4-2-13(21)8-17(15)27;/h1-8,11H,9-10,20-21H2,(H3-,22,23,26,27,28,29);1H. The molecule has 0 bridgehead atoms. The van der Waals surface area contributed by atoms with Gasteiger partial charge in [-0.3, -0.25) is 9.59 Å². The first-order valence-corrected chi connectivity index (χ1v) is 8.61. The highest BCUT2D eigenvalue weighted by Crippen LogP contribution is 2.25. The predicted octanol–water partition coefficient (Wildman–Crippen LogP) is -2.37. The van der Waals surface area contributed by atoms with E-state index in [1.165, 1.54) is 24.3 Å². The summed E-state index contributed by atoms with van der Waals surface area (Å²) in [5.41, 5.74) is 12.4. The smallest absolute Gasteiger partial charge is 0.266 e. The molecule has 3 rings (SSSR count). The summed E-state index contributed by atoms with van der Waals surface area (Å²) in [5, 5.41) is 24.8. The number of aromatic nitrogens is 2. The Balaban J connectivity index is 0.00000320. The maximum absolute atomic E-state index is 12.2.